The highest BCUT2D eigenvalue weighted by atomic mass is 16.5. The van der Waals surface area contributed by atoms with Gasteiger partial charge < -0.3 is 9.84 Å². The Morgan fingerprint density at radius 1 is 1.33 bits per heavy atom. The highest BCUT2D eigenvalue weighted by Crippen LogP contribution is 2.24. The Morgan fingerprint density at radius 3 is 2.50 bits per heavy atom. The largest absolute Gasteiger partial charge is 0.497 e. The first kappa shape index (κ1) is 12.6. The Morgan fingerprint density at radius 2 is 2.00 bits per heavy atom. The van der Waals surface area contributed by atoms with E-state index in [1.165, 1.54) is 0 Å². The van der Waals surface area contributed by atoms with Gasteiger partial charge in [-0.15, -0.1) is 0 Å². The second-order valence-electron chi connectivity index (χ2n) is 4.21. The number of aromatic nitrogens is 2. The first-order valence-corrected chi connectivity index (χ1v) is 6.00. The summed E-state index contributed by atoms with van der Waals surface area (Å²) in [6.45, 7) is 2.05. The van der Waals surface area contributed by atoms with Gasteiger partial charge in [-0.3, -0.25) is 4.68 Å². The van der Waals surface area contributed by atoms with Crippen LogP contribution in [0.2, 0.25) is 0 Å². The fourth-order valence-electron chi connectivity index (χ4n) is 1.93. The number of nitrogens with zero attached hydrogens (tertiary/aromatic N) is 2. The molecule has 2 rings (SSSR count). The Kier molecular flexibility index (Phi) is 3.67. The number of ether oxygens (including phenoxy) is 1. The monoisotopic (exact) mass is 246 g/mol. The van der Waals surface area contributed by atoms with Gasteiger partial charge in [-0.2, -0.15) is 5.10 Å². The zero-order valence-electron chi connectivity index (χ0n) is 10.9. The fraction of sp³-hybridized carbons (Fsp3) is 0.357. The number of benzene rings is 1. The van der Waals surface area contributed by atoms with Gasteiger partial charge in [-0.25, -0.2) is 0 Å². The molecule has 0 saturated carbocycles. The van der Waals surface area contributed by atoms with Crippen LogP contribution in [0, 0.1) is 0 Å². The zero-order valence-corrected chi connectivity index (χ0v) is 10.9. The van der Waals surface area contributed by atoms with Crippen LogP contribution in [0.4, 0.5) is 0 Å². The molecule has 0 saturated heterocycles. The molecule has 18 heavy (non-hydrogen) atoms. The van der Waals surface area contributed by atoms with Crippen LogP contribution < -0.4 is 4.74 Å². The molecule has 1 aromatic heterocycles. The third kappa shape index (κ3) is 2.38. The Labute approximate surface area is 107 Å². The molecule has 4 heteroatoms. The molecule has 96 valence electrons. The van der Waals surface area contributed by atoms with Gasteiger partial charge in [-0.05, 0) is 30.2 Å². The molecule has 1 atom stereocenters. The lowest BCUT2D eigenvalue weighted by Gasteiger charge is -2.11. The minimum Gasteiger partial charge on any atom is -0.497 e. The van der Waals surface area contributed by atoms with Crippen molar-refractivity contribution >= 4 is 0 Å². The second kappa shape index (κ2) is 5.23. The molecule has 0 aliphatic carbocycles. The third-order valence-electron chi connectivity index (χ3n) is 3.04. The van der Waals surface area contributed by atoms with Crippen LogP contribution >= 0.6 is 0 Å². The number of hydrogen-bond donors (Lipinski definition) is 1. The fourth-order valence-corrected chi connectivity index (χ4v) is 1.93. The molecular formula is C14H18N2O2. The lowest BCUT2D eigenvalue weighted by Crippen LogP contribution is -2.06. The SMILES string of the molecule is CCc1cc(C(O)c2ccc(OC)cc2)n(C)n1. The van der Waals surface area contributed by atoms with E-state index in [1.807, 2.05) is 44.3 Å². The molecule has 1 aromatic carbocycles. The summed E-state index contributed by atoms with van der Waals surface area (Å²) >= 11 is 0. The first-order valence-electron chi connectivity index (χ1n) is 6.00. The maximum atomic E-state index is 10.3. The van der Waals surface area contributed by atoms with E-state index >= 15 is 0 Å². The Hall–Kier alpha value is -1.81. The predicted molar refractivity (Wildman–Crippen MR) is 69.6 cm³/mol. The van der Waals surface area contributed by atoms with E-state index in [0.717, 1.165) is 29.1 Å². The van der Waals surface area contributed by atoms with Crippen molar-refractivity contribution in [2.24, 2.45) is 7.05 Å². The summed E-state index contributed by atoms with van der Waals surface area (Å²) in [5.41, 5.74) is 2.62. The first-order chi connectivity index (χ1) is 8.65. The number of rotatable bonds is 4. The highest BCUT2D eigenvalue weighted by molar-refractivity contribution is 5.32. The quantitative estimate of drug-likeness (QED) is 0.898. The number of aryl methyl sites for hydroxylation is 2. The average Bonchev–Trinajstić information content (AvgIpc) is 2.79. The van der Waals surface area contributed by atoms with Gasteiger partial charge in [0.2, 0.25) is 0 Å². The summed E-state index contributed by atoms with van der Waals surface area (Å²) < 4.78 is 6.83. The van der Waals surface area contributed by atoms with Crippen molar-refractivity contribution in [1.82, 2.24) is 9.78 Å². The molecule has 2 aromatic rings. The van der Waals surface area contributed by atoms with Gasteiger partial charge in [-0.1, -0.05) is 19.1 Å². The van der Waals surface area contributed by atoms with Crippen molar-refractivity contribution in [3.63, 3.8) is 0 Å². The van der Waals surface area contributed by atoms with E-state index in [9.17, 15) is 5.11 Å². The summed E-state index contributed by atoms with van der Waals surface area (Å²) in [6.07, 6.45) is 0.206. The third-order valence-corrected chi connectivity index (χ3v) is 3.04. The van der Waals surface area contributed by atoms with Gasteiger partial charge in [0.15, 0.2) is 0 Å². The molecule has 1 unspecified atom stereocenters. The van der Waals surface area contributed by atoms with Gasteiger partial charge in [0.1, 0.15) is 11.9 Å². The second-order valence-corrected chi connectivity index (χ2v) is 4.21. The van der Waals surface area contributed by atoms with Crippen molar-refractivity contribution in [1.29, 1.82) is 0 Å². The molecular weight excluding hydrogens is 228 g/mol. The van der Waals surface area contributed by atoms with Gasteiger partial charge in [0.05, 0.1) is 18.5 Å². The molecule has 4 nitrogen and oxygen atoms in total. The minimum atomic E-state index is -0.659. The average molecular weight is 246 g/mol. The van der Waals surface area contributed by atoms with Crippen molar-refractivity contribution in [2.75, 3.05) is 7.11 Å². The molecule has 0 fully saturated rings. The molecule has 0 aliphatic rings. The Bertz CT molecular complexity index is 517. The van der Waals surface area contributed by atoms with Crippen LogP contribution in [0.5, 0.6) is 5.75 Å². The Balaban J connectivity index is 2.28. The maximum Gasteiger partial charge on any atom is 0.121 e. The normalized spacial score (nSPS) is 12.4. The predicted octanol–water partition coefficient (Wildman–Crippen LogP) is 2.07. The number of methoxy groups -OCH3 is 1. The van der Waals surface area contributed by atoms with Crippen molar-refractivity contribution in [3.05, 3.63) is 47.3 Å². The van der Waals surface area contributed by atoms with Crippen LogP contribution in [-0.2, 0) is 13.5 Å². The molecule has 0 amide bonds. The lowest BCUT2D eigenvalue weighted by atomic mass is 10.1. The molecule has 0 bridgehead atoms. The lowest BCUT2D eigenvalue weighted by molar-refractivity contribution is 0.209. The topological polar surface area (TPSA) is 47.3 Å². The molecule has 0 aliphatic heterocycles. The van der Waals surface area contributed by atoms with Gasteiger partial charge >= 0.3 is 0 Å². The van der Waals surface area contributed by atoms with E-state index in [4.69, 9.17) is 4.74 Å². The van der Waals surface area contributed by atoms with Crippen LogP contribution in [0.1, 0.15) is 30.0 Å². The van der Waals surface area contributed by atoms with Crippen LogP contribution in [0.15, 0.2) is 30.3 Å². The van der Waals surface area contributed by atoms with Crippen LogP contribution in [-0.4, -0.2) is 22.0 Å². The molecule has 0 spiro atoms. The van der Waals surface area contributed by atoms with E-state index in [1.54, 1.807) is 11.8 Å². The highest BCUT2D eigenvalue weighted by Gasteiger charge is 2.15. The molecule has 1 heterocycles. The van der Waals surface area contributed by atoms with Crippen molar-refractivity contribution in [2.45, 2.75) is 19.4 Å². The summed E-state index contributed by atoms with van der Waals surface area (Å²) in [5.74, 6) is 0.783. The number of aliphatic hydroxyl groups is 1. The summed E-state index contributed by atoms with van der Waals surface area (Å²) in [4.78, 5) is 0. The minimum absolute atomic E-state index is 0.659. The van der Waals surface area contributed by atoms with E-state index in [0.29, 0.717) is 0 Å². The summed E-state index contributed by atoms with van der Waals surface area (Å²) in [6, 6.07) is 9.35. The van der Waals surface area contributed by atoms with E-state index in [-0.39, 0.29) is 0 Å². The van der Waals surface area contributed by atoms with Gasteiger partial charge in [0, 0.05) is 7.05 Å². The summed E-state index contributed by atoms with van der Waals surface area (Å²) in [7, 11) is 3.47. The van der Waals surface area contributed by atoms with Crippen molar-refractivity contribution in [3.8, 4) is 5.75 Å². The zero-order chi connectivity index (χ0) is 13.1. The molecule has 1 N–H and O–H groups in total. The van der Waals surface area contributed by atoms with Gasteiger partial charge in [0.25, 0.3) is 0 Å². The smallest absolute Gasteiger partial charge is 0.121 e. The summed E-state index contributed by atoms with van der Waals surface area (Å²) in [5, 5.41) is 14.7. The van der Waals surface area contributed by atoms with Crippen molar-refractivity contribution < 1.29 is 9.84 Å². The van der Waals surface area contributed by atoms with E-state index in [2.05, 4.69) is 5.10 Å². The van der Waals surface area contributed by atoms with Crippen LogP contribution in [0.3, 0.4) is 0 Å². The maximum absolute atomic E-state index is 10.3. The van der Waals surface area contributed by atoms with E-state index < -0.39 is 6.10 Å². The number of aliphatic hydroxyl groups excluding tert-OH is 1. The number of hydrogen-bond acceptors (Lipinski definition) is 3. The van der Waals surface area contributed by atoms with Crippen LogP contribution in [0.25, 0.3) is 0 Å². The standard InChI is InChI=1S/C14H18N2O2/c1-4-11-9-13(16(2)15-11)14(17)10-5-7-12(18-3)8-6-10/h5-9,14,17H,4H2,1-3H3. The molecule has 0 radical (unpaired) electrons.